The predicted molar refractivity (Wildman–Crippen MR) is 79.2 cm³/mol. The topological polar surface area (TPSA) is 68.3 Å². The van der Waals surface area contributed by atoms with Crippen molar-refractivity contribution in [3.05, 3.63) is 41.4 Å². The number of amides is 1. The van der Waals surface area contributed by atoms with Gasteiger partial charge in [0.15, 0.2) is 0 Å². The minimum Gasteiger partial charge on any atom is -0.465 e. The lowest BCUT2D eigenvalue weighted by Gasteiger charge is -2.08. The summed E-state index contributed by atoms with van der Waals surface area (Å²) in [5, 5.41) is 4.56. The van der Waals surface area contributed by atoms with Gasteiger partial charge in [0.2, 0.25) is 5.91 Å². The van der Waals surface area contributed by atoms with Crippen molar-refractivity contribution in [2.75, 3.05) is 18.2 Å². The van der Waals surface area contributed by atoms with Crippen LogP contribution in [0.5, 0.6) is 0 Å². The number of para-hydroxylation sites is 1. The van der Waals surface area contributed by atoms with Crippen LogP contribution in [0.1, 0.15) is 10.4 Å². The lowest BCUT2D eigenvalue weighted by molar-refractivity contribution is -0.113. The van der Waals surface area contributed by atoms with Crippen molar-refractivity contribution in [2.45, 2.75) is 4.34 Å². The molecule has 0 saturated heterocycles. The molecule has 1 heterocycles. The maximum Gasteiger partial charge on any atom is 0.339 e. The van der Waals surface area contributed by atoms with E-state index in [4.69, 9.17) is 0 Å². The molecular weight excluding hydrogens is 296 g/mol. The van der Waals surface area contributed by atoms with E-state index in [9.17, 15) is 9.59 Å². The first kappa shape index (κ1) is 14.5. The number of thiazole rings is 1. The van der Waals surface area contributed by atoms with Gasteiger partial charge in [-0.3, -0.25) is 4.79 Å². The third kappa shape index (κ3) is 3.82. The van der Waals surface area contributed by atoms with E-state index in [0.717, 1.165) is 4.34 Å². The summed E-state index contributed by atoms with van der Waals surface area (Å²) in [6, 6.07) is 6.73. The fourth-order valence-electron chi connectivity index (χ4n) is 1.48. The van der Waals surface area contributed by atoms with Gasteiger partial charge in [-0.05, 0) is 12.1 Å². The zero-order valence-corrected chi connectivity index (χ0v) is 12.3. The molecule has 0 unspecified atom stereocenters. The van der Waals surface area contributed by atoms with Gasteiger partial charge in [-0.15, -0.1) is 11.3 Å². The normalized spacial score (nSPS) is 10.1. The fraction of sp³-hybridized carbons (Fsp3) is 0.154. The Balaban J connectivity index is 1.99. The maximum atomic E-state index is 11.9. The molecular formula is C13H12N2O3S2. The number of aromatic nitrogens is 1. The van der Waals surface area contributed by atoms with Crippen LogP contribution < -0.4 is 5.32 Å². The number of ether oxygens (including phenoxy) is 1. The number of nitrogens with one attached hydrogen (secondary N) is 1. The summed E-state index contributed by atoms with van der Waals surface area (Å²) in [4.78, 5) is 27.5. The minimum atomic E-state index is -0.478. The van der Waals surface area contributed by atoms with Crippen LogP contribution in [0.15, 0.2) is 40.2 Å². The molecule has 0 aliphatic carbocycles. The largest absolute Gasteiger partial charge is 0.465 e. The van der Waals surface area contributed by atoms with E-state index >= 15 is 0 Å². The summed E-state index contributed by atoms with van der Waals surface area (Å²) < 4.78 is 5.51. The molecule has 1 N–H and O–H groups in total. The van der Waals surface area contributed by atoms with Crippen molar-refractivity contribution >= 4 is 40.7 Å². The van der Waals surface area contributed by atoms with Crippen molar-refractivity contribution in [3.63, 3.8) is 0 Å². The van der Waals surface area contributed by atoms with Crippen LogP contribution in [0.4, 0.5) is 5.69 Å². The molecule has 20 heavy (non-hydrogen) atoms. The first-order valence-corrected chi connectivity index (χ1v) is 7.56. The van der Waals surface area contributed by atoms with Gasteiger partial charge in [0, 0.05) is 11.6 Å². The summed E-state index contributed by atoms with van der Waals surface area (Å²) >= 11 is 2.83. The lowest BCUT2D eigenvalue weighted by Crippen LogP contribution is -2.17. The summed E-state index contributed by atoms with van der Waals surface area (Å²) in [5.74, 6) is -0.432. The molecule has 0 saturated carbocycles. The first-order chi connectivity index (χ1) is 9.70. The Morgan fingerprint density at radius 2 is 2.20 bits per heavy atom. The zero-order valence-electron chi connectivity index (χ0n) is 10.7. The van der Waals surface area contributed by atoms with E-state index in [1.807, 2.05) is 5.38 Å². The molecule has 2 rings (SSSR count). The summed E-state index contributed by atoms with van der Waals surface area (Å²) in [6.07, 6.45) is 1.69. The third-order valence-corrected chi connectivity index (χ3v) is 4.31. The second-order valence-electron chi connectivity index (χ2n) is 3.67. The van der Waals surface area contributed by atoms with Crippen molar-refractivity contribution in [3.8, 4) is 0 Å². The Kier molecular flexibility index (Phi) is 5.14. The van der Waals surface area contributed by atoms with Crippen LogP contribution >= 0.6 is 23.1 Å². The minimum absolute atomic E-state index is 0.193. The van der Waals surface area contributed by atoms with Crippen LogP contribution in [0.2, 0.25) is 0 Å². The SMILES string of the molecule is COC(=O)c1ccccc1NC(=O)CSc1nccs1. The number of anilines is 1. The number of methoxy groups -OCH3 is 1. The molecule has 0 spiro atoms. The van der Waals surface area contributed by atoms with E-state index < -0.39 is 5.97 Å². The Morgan fingerprint density at radius 3 is 2.90 bits per heavy atom. The van der Waals surface area contributed by atoms with Crippen LogP contribution in [-0.4, -0.2) is 29.7 Å². The van der Waals surface area contributed by atoms with Gasteiger partial charge in [0.05, 0.1) is 24.1 Å². The Bertz CT molecular complexity index is 599. The van der Waals surface area contributed by atoms with E-state index in [1.165, 1.54) is 30.2 Å². The highest BCUT2D eigenvalue weighted by molar-refractivity contribution is 8.01. The second kappa shape index (κ2) is 7.06. The summed E-state index contributed by atoms with van der Waals surface area (Å²) in [6.45, 7) is 0. The average Bonchev–Trinajstić information content (AvgIpc) is 2.98. The molecule has 0 bridgehead atoms. The number of benzene rings is 1. The smallest absolute Gasteiger partial charge is 0.339 e. The molecule has 0 aliphatic rings. The van der Waals surface area contributed by atoms with Crippen LogP contribution in [0.25, 0.3) is 0 Å². The van der Waals surface area contributed by atoms with Gasteiger partial charge in [0.25, 0.3) is 0 Å². The van der Waals surface area contributed by atoms with Crippen LogP contribution in [0.3, 0.4) is 0 Å². The van der Waals surface area contributed by atoms with Gasteiger partial charge >= 0.3 is 5.97 Å². The highest BCUT2D eigenvalue weighted by Crippen LogP contribution is 2.21. The summed E-state index contributed by atoms with van der Waals surface area (Å²) in [7, 11) is 1.30. The van der Waals surface area contributed by atoms with Gasteiger partial charge in [-0.2, -0.15) is 0 Å². The Labute approximate surface area is 124 Å². The zero-order chi connectivity index (χ0) is 14.4. The number of hydrogen-bond donors (Lipinski definition) is 1. The van der Waals surface area contributed by atoms with Crippen molar-refractivity contribution < 1.29 is 14.3 Å². The lowest BCUT2D eigenvalue weighted by atomic mass is 10.2. The monoisotopic (exact) mass is 308 g/mol. The molecule has 0 fully saturated rings. The Morgan fingerprint density at radius 1 is 1.40 bits per heavy atom. The second-order valence-corrected chi connectivity index (χ2v) is 5.79. The van der Waals surface area contributed by atoms with E-state index in [1.54, 1.807) is 30.5 Å². The molecule has 1 aromatic carbocycles. The molecule has 7 heteroatoms. The average molecular weight is 308 g/mol. The number of carbonyl (C=O) groups excluding carboxylic acids is 2. The molecule has 0 radical (unpaired) electrons. The highest BCUT2D eigenvalue weighted by Gasteiger charge is 2.13. The van der Waals surface area contributed by atoms with Gasteiger partial charge in [-0.25, -0.2) is 9.78 Å². The number of hydrogen-bond acceptors (Lipinski definition) is 6. The fourth-order valence-corrected chi connectivity index (χ4v) is 2.91. The van der Waals surface area contributed by atoms with Crippen molar-refractivity contribution in [1.29, 1.82) is 0 Å². The Hall–Kier alpha value is -1.86. The van der Waals surface area contributed by atoms with Gasteiger partial charge in [0.1, 0.15) is 4.34 Å². The quantitative estimate of drug-likeness (QED) is 0.679. The van der Waals surface area contributed by atoms with Gasteiger partial charge < -0.3 is 10.1 Å². The maximum absolute atomic E-state index is 11.9. The third-order valence-electron chi connectivity index (χ3n) is 2.34. The number of thioether (sulfide) groups is 1. The first-order valence-electron chi connectivity index (χ1n) is 5.70. The van der Waals surface area contributed by atoms with E-state index in [2.05, 4.69) is 15.0 Å². The number of nitrogens with zero attached hydrogens (tertiary/aromatic N) is 1. The standard InChI is InChI=1S/C13H12N2O3S2/c1-18-12(17)9-4-2-3-5-10(9)15-11(16)8-20-13-14-6-7-19-13/h2-7H,8H2,1H3,(H,15,16). The molecule has 1 amide bonds. The van der Waals surface area contributed by atoms with Crippen molar-refractivity contribution in [2.24, 2.45) is 0 Å². The molecule has 5 nitrogen and oxygen atoms in total. The molecule has 0 aliphatic heterocycles. The highest BCUT2D eigenvalue weighted by atomic mass is 32.2. The summed E-state index contributed by atoms with van der Waals surface area (Å²) in [5.41, 5.74) is 0.784. The number of esters is 1. The molecule has 1 aromatic heterocycles. The predicted octanol–water partition coefficient (Wildman–Crippen LogP) is 2.66. The van der Waals surface area contributed by atoms with Gasteiger partial charge in [-0.1, -0.05) is 23.9 Å². The van der Waals surface area contributed by atoms with Crippen LogP contribution in [0, 0.1) is 0 Å². The molecule has 2 aromatic rings. The van der Waals surface area contributed by atoms with Crippen LogP contribution in [-0.2, 0) is 9.53 Å². The number of carbonyl (C=O) groups is 2. The number of rotatable bonds is 5. The molecule has 104 valence electrons. The van der Waals surface area contributed by atoms with Crippen molar-refractivity contribution in [1.82, 2.24) is 4.98 Å². The van der Waals surface area contributed by atoms with E-state index in [-0.39, 0.29) is 11.7 Å². The van der Waals surface area contributed by atoms with E-state index in [0.29, 0.717) is 11.3 Å². The molecule has 0 atom stereocenters.